The van der Waals surface area contributed by atoms with Crippen molar-refractivity contribution in [1.82, 2.24) is 9.80 Å². The lowest BCUT2D eigenvalue weighted by molar-refractivity contribution is -0.132. The van der Waals surface area contributed by atoms with Gasteiger partial charge in [-0.25, -0.2) is 0 Å². The van der Waals surface area contributed by atoms with Crippen LogP contribution in [-0.4, -0.2) is 59.6 Å². The number of hydrogen-bond donors (Lipinski definition) is 1. The van der Waals surface area contributed by atoms with Crippen LogP contribution in [0.25, 0.3) is 0 Å². The maximum atomic E-state index is 12.1. The Bertz CT molecular complexity index is 259. The summed E-state index contributed by atoms with van der Waals surface area (Å²) in [5, 5.41) is 10.1. The number of aliphatic hydroxyl groups excluding tert-OH is 1. The number of nitrogens with zero attached hydrogens (tertiary/aromatic N) is 2. The minimum absolute atomic E-state index is 0.200. The number of hydrogen-bond acceptors (Lipinski definition) is 3. The second-order valence-electron chi connectivity index (χ2n) is 5.93. The van der Waals surface area contributed by atoms with Crippen LogP contribution in [0.15, 0.2) is 0 Å². The van der Waals surface area contributed by atoms with Gasteiger partial charge in [0.15, 0.2) is 0 Å². The summed E-state index contributed by atoms with van der Waals surface area (Å²) in [5.41, 5.74) is 0. The monoisotopic (exact) mass is 284 g/mol. The van der Waals surface area contributed by atoms with E-state index in [0.717, 1.165) is 45.6 Å². The number of carbonyl (C=O) groups excluding carboxylic acids is 1. The third-order valence-electron chi connectivity index (χ3n) is 3.95. The normalized spacial score (nSPS) is 17.9. The van der Waals surface area contributed by atoms with Crippen LogP contribution in [0.1, 0.15) is 58.8 Å². The average Bonchev–Trinajstić information content (AvgIpc) is 2.45. The van der Waals surface area contributed by atoms with Crippen molar-refractivity contribution < 1.29 is 9.90 Å². The zero-order valence-corrected chi connectivity index (χ0v) is 13.3. The van der Waals surface area contributed by atoms with Gasteiger partial charge in [-0.1, -0.05) is 20.3 Å². The Morgan fingerprint density at radius 1 is 1.15 bits per heavy atom. The van der Waals surface area contributed by atoms with Crippen molar-refractivity contribution >= 4 is 5.91 Å². The van der Waals surface area contributed by atoms with Gasteiger partial charge in [-0.15, -0.1) is 0 Å². The first kappa shape index (κ1) is 17.4. The summed E-state index contributed by atoms with van der Waals surface area (Å²) < 4.78 is 0. The van der Waals surface area contributed by atoms with Crippen LogP contribution in [0.5, 0.6) is 0 Å². The molecule has 0 aromatic heterocycles. The number of β-amino-alcohol motifs (C(OH)–C–C–N with tert-alkyl or cyclic N) is 1. The van der Waals surface area contributed by atoms with Gasteiger partial charge < -0.3 is 14.9 Å². The zero-order chi connectivity index (χ0) is 14.8. The number of amides is 1. The van der Waals surface area contributed by atoms with E-state index in [4.69, 9.17) is 0 Å². The summed E-state index contributed by atoms with van der Waals surface area (Å²) in [7, 11) is 0. The maximum Gasteiger partial charge on any atom is 0.222 e. The standard InChI is InChI=1S/C16H32N2O2/c1-3-10-18(11-4-2)16(20)9-8-15(19)14-17-12-6-5-7-13-17/h15,19H,3-14H2,1-2H3. The van der Waals surface area contributed by atoms with Crippen LogP contribution in [-0.2, 0) is 4.79 Å². The molecule has 1 fully saturated rings. The molecule has 1 rings (SSSR count). The molecule has 1 unspecified atom stereocenters. The molecule has 20 heavy (non-hydrogen) atoms. The number of rotatable bonds is 9. The summed E-state index contributed by atoms with van der Waals surface area (Å²) in [4.78, 5) is 16.4. The minimum Gasteiger partial charge on any atom is -0.392 e. The fraction of sp³-hybridized carbons (Fsp3) is 0.938. The molecular weight excluding hydrogens is 252 g/mol. The molecule has 1 N–H and O–H groups in total. The zero-order valence-electron chi connectivity index (χ0n) is 13.3. The second-order valence-corrected chi connectivity index (χ2v) is 5.93. The molecule has 1 aliphatic heterocycles. The van der Waals surface area contributed by atoms with Gasteiger partial charge >= 0.3 is 0 Å². The summed E-state index contributed by atoms with van der Waals surface area (Å²) in [6, 6.07) is 0. The van der Waals surface area contributed by atoms with Crippen LogP contribution in [0.4, 0.5) is 0 Å². The smallest absolute Gasteiger partial charge is 0.222 e. The van der Waals surface area contributed by atoms with E-state index in [1.165, 1.54) is 19.3 Å². The van der Waals surface area contributed by atoms with E-state index in [-0.39, 0.29) is 12.0 Å². The first-order chi connectivity index (χ1) is 9.67. The van der Waals surface area contributed by atoms with Crippen molar-refractivity contribution in [2.75, 3.05) is 32.7 Å². The fourth-order valence-electron chi connectivity index (χ4n) is 2.88. The third kappa shape index (κ3) is 6.71. The van der Waals surface area contributed by atoms with Crippen LogP contribution < -0.4 is 0 Å². The van der Waals surface area contributed by atoms with Crippen molar-refractivity contribution in [3.05, 3.63) is 0 Å². The van der Waals surface area contributed by atoms with Crippen LogP contribution >= 0.6 is 0 Å². The molecule has 1 amide bonds. The van der Waals surface area contributed by atoms with Gasteiger partial charge in [-0.05, 0) is 45.2 Å². The average molecular weight is 284 g/mol. The lowest BCUT2D eigenvalue weighted by Crippen LogP contribution is -2.37. The number of aliphatic hydroxyl groups is 1. The molecular formula is C16H32N2O2. The third-order valence-corrected chi connectivity index (χ3v) is 3.95. The first-order valence-electron chi connectivity index (χ1n) is 8.35. The van der Waals surface area contributed by atoms with Crippen LogP contribution in [0.2, 0.25) is 0 Å². The van der Waals surface area contributed by atoms with Gasteiger partial charge in [0.1, 0.15) is 0 Å². The van der Waals surface area contributed by atoms with E-state index >= 15 is 0 Å². The van der Waals surface area contributed by atoms with Gasteiger partial charge in [0.2, 0.25) is 5.91 Å². The Balaban J connectivity index is 2.23. The Hall–Kier alpha value is -0.610. The van der Waals surface area contributed by atoms with Gasteiger partial charge in [0.25, 0.3) is 0 Å². The van der Waals surface area contributed by atoms with Crippen molar-refractivity contribution in [2.24, 2.45) is 0 Å². The van der Waals surface area contributed by atoms with E-state index in [9.17, 15) is 9.90 Å². The molecule has 4 heteroatoms. The minimum atomic E-state index is -0.359. The largest absolute Gasteiger partial charge is 0.392 e. The summed E-state index contributed by atoms with van der Waals surface area (Å²) in [6.07, 6.45) is 6.52. The molecule has 118 valence electrons. The highest BCUT2D eigenvalue weighted by Gasteiger charge is 2.17. The molecule has 0 spiro atoms. The molecule has 0 bridgehead atoms. The summed E-state index contributed by atoms with van der Waals surface area (Å²) in [5.74, 6) is 0.200. The quantitative estimate of drug-likeness (QED) is 0.706. The molecule has 0 aromatic carbocycles. The van der Waals surface area contributed by atoms with E-state index in [1.807, 2.05) is 4.90 Å². The molecule has 4 nitrogen and oxygen atoms in total. The van der Waals surface area contributed by atoms with Gasteiger partial charge in [0, 0.05) is 26.1 Å². The molecule has 1 saturated heterocycles. The SMILES string of the molecule is CCCN(CCC)C(=O)CCC(O)CN1CCCCC1. The molecule has 1 heterocycles. The van der Waals surface area contributed by atoms with Crippen molar-refractivity contribution in [3.8, 4) is 0 Å². The topological polar surface area (TPSA) is 43.8 Å². The number of carbonyl (C=O) groups is 1. The lowest BCUT2D eigenvalue weighted by Gasteiger charge is -2.28. The molecule has 0 saturated carbocycles. The second kappa shape index (κ2) is 10.2. The van der Waals surface area contributed by atoms with Gasteiger partial charge in [0.05, 0.1) is 6.10 Å². The fourth-order valence-corrected chi connectivity index (χ4v) is 2.88. The lowest BCUT2D eigenvalue weighted by atomic mass is 10.1. The predicted molar refractivity (Wildman–Crippen MR) is 82.7 cm³/mol. The number of piperidine rings is 1. The first-order valence-corrected chi connectivity index (χ1v) is 8.35. The number of likely N-dealkylation sites (tertiary alicyclic amines) is 1. The highest BCUT2D eigenvalue weighted by molar-refractivity contribution is 5.76. The van der Waals surface area contributed by atoms with Crippen molar-refractivity contribution in [2.45, 2.75) is 64.9 Å². The van der Waals surface area contributed by atoms with Gasteiger partial charge in [-0.3, -0.25) is 4.79 Å². The van der Waals surface area contributed by atoms with Crippen LogP contribution in [0.3, 0.4) is 0 Å². The predicted octanol–water partition coefficient (Wildman–Crippen LogP) is 2.26. The van der Waals surface area contributed by atoms with Crippen molar-refractivity contribution in [3.63, 3.8) is 0 Å². The van der Waals surface area contributed by atoms with E-state index in [0.29, 0.717) is 12.8 Å². The summed E-state index contributed by atoms with van der Waals surface area (Å²) in [6.45, 7) is 8.81. The Morgan fingerprint density at radius 3 is 2.30 bits per heavy atom. The molecule has 0 radical (unpaired) electrons. The van der Waals surface area contributed by atoms with E-state index in [1.54, 1.807) is 0 Å². The van der Waals surface area contributed by atoms with Crippen LogP contribution in [0, 0.1) is 0 Å². The molecule has 0 aromatic rings. The molecule has 0 aliphatic carbocycles. The highest BCUT2D eigenvalue weighted by atomic mass is 16.3. The Morgan fingerprint density at radius 2 is 1.75 bits per heavy atom. The molecule has 1 atom stereocenters. The summed E-state index contributed by atoms with van der Waals surface area (Å²) >= 11 is 0. The van der Waals surface area contributed by atoms with E-state index in [2.05, 4.69) is 18.7 Å². The van der Waals surface area contributed by atoms with Crippen molar-refractivity contribution in [1.29, 1.82) is 0 Å². The molecule has 1 aliphatic rings. The maximum absolute atomic E-state index is 12.1. The Labute approximate surface area is 124 Å². The Kier molecular flexibility index (Phi) is 8.86. The van der Waals surface area contributed by atoms with Gasteiger partial charge in [-0.2, -0.15) is 0 Å². The van der Waals surface area contributed by atoms with E-state index < -0.39 is 0 Å². The highest BCUT2D eigenvalue weighted by Crippen LogP contribution is 2.11.